The molecule has 7 heteroatoms. The van der Waals surface area contributed by atoms with E-state index in [1.165, 1.54) is 15.3 Å². The third-order valence-electron chi connectivity index (χ3n) is 3.86. The van der Waals surface area contributed by atoms with Crippen LogP contribution in [0, 0.1) is 0 Å². The van der Waals surface area contributed by atoms with Crippen LogP contribution in [-0.2, 0) is 19.5 Å². The lowest BCUT2D eigenvalue weighted by atomic mass is 10.2. The van der Waals surface area contributed by atoms with Gasteiger partial charge in [0.25, 0.3) is 0 Å². The second kappa shape index (κ2) is 10.3. The standard InChI is InChI=1S/C19H23N5S.HI/c1-3-17-8-9-18(25-17)14-22-19(20-2)21-13-15-6-4-7-16(12-15)24-11-5-10-23-24;/h4-12H,3,13-14H2,1-2H3,(H2,20,21,22);1H. The highest BCUT2D eigenvalue weighted by molar-refractivity contribution is 14.0. The van der Waals surface area contributed by atoms with Crippen molar-refractivity contribution >= 4 is 41.3 Å². The highest BCUT2D eigenvalue weighted by Gasteiger charge is 2.03. The number of nitrogens with zero attached hydrogens (tertiary/aromatic N) is 3. The molecule has 26 heavy (non-hydrogen) atoms. The minimum atomic E-state index is 0. The number of thiophene rings is 1. The topological polar surface area (TPSA) is 54.2 Å². The first-order chi connectivity index (χ1) is 12.3. The van der Waals surface area contributed by atoms with E-state index in [0.717, 1.165) is 24.6 Å². The van der Waals surface area contributed by atoms with Gasteiger partial charge in [0, 0.05) is 35.7 Å². The molecule has 3 rings (SSSR count). The molecule has 0 unspecified atom stereocenters. The number of hydrogen-bond acceptors (Lipinski definition) is 3. The van der Waals surface area contributed by atoms with Crippen molar-refractivity contribution in [2.45, 2.75) is 26.4 Å². The molecule has 0 saturated carbocycles. The number of nitrogens with one attached hydrogen (secondary N) is 2. The van der Waals surface area contributed by atoms with Gasteiger partial charge in [0.1, 0.15) is 0 Å². The van der Waals surface area contributed by atoms with Gasteiger partial charge < -0.3 is 10.6 Å². The molecule has 0 bridgehead atoms. The van der Waals surface area contributed by atoms with Gasteiger partial charge in [-0.3, -0.25) is 4.99 Å². The molecular formula is C19H24IN5S. The minimum Gasteiger partial charge on any atom is -0.352 e. The van der Waals surface area contributed by atoms with Crippen LogP contribution in [0.2, 0.25) is 0 Å². The summed E-state index contributed by atoms with van der Waals surface area (Å²) in [6.45, 7) is 3.68. The first-order valence-electron chi connectivity index (χ1n) is 8.39. The highest BCUT2D eigenvalue weighted by Crippen LogP contribution is 2.16. The monoisotopic (exact) mass is 481 g/mol. The van der Waals surface area contributed by atoms with E-state index in [2.05, 4.69) is 51.9 Å². The number of benzene rings is 1. The SMILES string of the molecule is CCc1ccc(CNC(=NC)NCc2cccc(-n3cccn3)c2)s1.I. The van der Waals surface area contributed by atoms with Gasteiger partial charge in [-0.25, -0.2) is 4.68 Å². The van der Waals surface area contributed by atoms with Gasteiger partial charge in [0.2, 0.25) is 0 Å². The van der Waals surface area contributed by atoms with Crippen LogP contribution < -0.4 is 10.6 Å². The van der Waals surface area contributed by atoms with Crippen LogP contribution in [0.4, 0.5) is 0 Å². The lowest BCUT2D eigenvalue weighted by molar-refractivity contribution is 0.812. The Bertz CT molecular complexity index is 826. The summed E-state index contributed by atoms with van der Waals surface area (Å²) in [6, 6.07) is 14.6. The quantitative estimate of drug-likeness (QED) is 0.318. The Hall–Kier alpha value is -1.87. The molecule has 0 saturated heterocycles. The Balaban J connectivity index is 0.00000243. The summed E-state index contributed by atoms with van der Waals surface area (Å²) in [5, 5.41) is 11.0. The predicted molar refractivity (Wildman–Crippen MR) is 120 cm³/mol. The minimum absolute atomic E-state index is 0. The fourth-order valence-corrected chi connectivity index (χ4v) is 3.41. The van der Waals surface area contributed by atoms with Crippen LogP contribution in [0.3, 0.4) is 0 Å². The van der Waals surface area contributed by atoms with Crippen molar-refractivity contribution in [3.05, 3.63) is 70.2 Å². The number of rotatable bonds is 6. The zero-order valence-corrected chi connectivity index (χ0v) is 18.1. The van der Waals surface area contributed by atoms with Crippen LogP contribution in [0.5, 0.6) is 0 Å². The maximum atomic E-state index is 4.30. The second-order valence-corrected chi connectivity index (χ2v) is 6.87. The smallest absolute Gasteiger partial charge is 0.191 e. The molecule has 0 amide bonds. The zero-order chi connectivity index (χ0) is 17.5. The molecule has 2 aromatic heterocycles. The maximum Gasteiger partial charge on any atom is 0.191 e. The fraction of sp³-hybridized carbons (Fsp3) is 0.263. The first-order valence-corrected chi connectivity index (χ1v) is 9.21. The van der Waals surface area contributed by atoms with Gasteiger partial charge in [-0.05, 0) is 42.3 Å². The van der Waals surface area contributed by atoms with Crippen LogP contribution >= 0.6 is 35.3 Å². The average Bonchev–Trinajstić information content (AvgIpc) is 3.34. The summed E-state index contributed by atoms with van der Waals surface area (Å²) in [4.78, 5) is 7.03. The number of aliphatic imine (C=N–C) groups is 1. The molecule has 2 N–H and O–H groups in total. The van der Waals surface area contributed by atoms with Gasteiger partial charge in [-0.2, -0.15) is 5.10 Å². The molecule has 5 nitrogen and oxygen atoms in total. The molecule has 3 aromatic rings. The number of guanidine groups is 1. The van der Waals surface area contributed by atoms with E-state index in [9.17, 15) is 0 Å². The van der Waals surface area contributed by atoms with Gasteiger partial charge in [-0.1, -0.05) is 19.1 Å². The lowest BCUT2D eigenvalue weighted by Gasteiger charge is -2.12. The normalized spacial score (nSPS) is 11.1. The van der Waals surface area contributed by atoms with Crippen molar-refractivity contribution in [1.29, 1.82) is 0 Å². The summed E-state index contributed by atoms with van der Waals surface area (Å²) in [7, 11) is 1.79. The summed E-state index contributed by atoms with van der Waals surface area (Å²) in [5.74, 6) is 0.802. The molecule has 0 aliphatic rings. The summed E-state index contributed by atoms with van der Waals surface area (Å²) in [6.07, 6.45) is 4.81. The maximum absolute atomic E-state index is 4.30. The van der Waals surface area contributed by atoms with E-state index in [4.69, 9.17) is 0 Å². The molecule has 2 heterocycles. The van der Waals surface area contributed by atoms with E-state index in [1.807, 2.05) is 40.4 Å². The van der Waals surface area contributed by atoms with Gasteiger partial charge in [0.15, 0.2) is 5.96 Å². The third-order valence-corrected chi connectivity index (χ3v) is 5.09. The first kappa shape index (κ1) is 20.4. The number of aryl methyl sites for hydroxylation is 1. The molecule has 0 spiro atoms. The fourth-order valence-electron chi connectivity index (χ4n) is 2.52. The van der Waals surface area contributed by atoms with E-state index in [1.54, 1.807) is 13.2 Å². The summed E-state index contributed by atoms with van der Waals surface area (Å²) >= 11 is 1.85. The van der Waals surface area contributed by atoms with Gasteiger partial charge >= 0.3 is 0 Å². The lowest BCUT2D eigenvalue weighted by Crippen LogP contribution is -2.36. The number of halogens is 1. The largest absolute Gasteiger partial charge is 0.352 e. The van der Waals surface area contributed by atoms with Gasteiger partial charge in [-0.15, -0.1) is 35.3 Å². The van der Waals surface area contributed by atoms with Crippen molar-refractivity contribution in [2.75, 3.05) is 7.05 Å². The van der Waals surface area contributed by atoms with Crippen molar-refractivity contribution in [1.82, 2.24) is 20.4 Å². The Morgan fingerprint density at radius 1 is 1.12 bits per heavy atom. The van der Waals surface area contributed by atoms with E-state index in [0.29, 0.717) is 6.54 Å². The third kappa shape index (κ3) is 5.57. The molecule has 138 valence electrons. The van der Waals surface area contributed by atoms with Gasteiger partial charge in [0.05, 0.1) is 12.2 Å². The van der Waals surface area contributed by atoms with Crippen molar-refractivity contribution in [2.24, 2.45) is 4.99 Å². The Kier molecular flexibility index (Phi) is 8.11. The summed E-state index contributed by atoms with van der Waals surface area (Å²) in [5.41, 5.74) is 2.23. The second-order valence-electron chi connectivity index (χ2n) is 5.62. The van der Waals surface area contributed by atoms with Crippen molar-refractivity contribution < 1.29 is 0 Å². The van der Waals surface area contributed by atoms with E-state index in [-0.39, 0.29) is 24.0 Å². The number of hydrogen-bond donors (Lipinski definition) is 2. The van der Waals surface area contributed by atoms with Crippen LogP contribution in [0.1, 0.15) is 22.2 Å². The average molecular weight is 481 g/mol. The van der Waals surface area contributed by atoms with E-state index < -0.39 is 0 Å². The zero-order valence-electron chi connectivity index (χ0n) is 15.0. The van der Waals surface area contributed by atoms with Crippen LogP contribution in [-0.4, -0.2) is 22.8 Å². The highest BCUT2D eigenvalue weighted by atomic mass is 127. The molecule has 0 radical (unpaired) electrons. The molecule has 1 aromatic carbocycles. The summed E-state index contributed by atoms with van der Waals surface area (Å²) < 4.78 is 1.86. The van der Waals surface area contributed by atoms with Crippen molar-refractivity contribution in [3.63, 3.8) is 0 Å². The number of aromatic nitrogens is 2. The van der Waals surface area contributed by atoms with Crippen LogP contribution in [0.15, 0.2) is 59.9 Å². The molecule has 0 atom stereocenters. The molecular weight excluding hydrogens is 457 g/mol. The molecule has 0 fully saturated rings. The van der Waals surface area contributed by atoms with E-state index >= 15 is 0 Å². The van der Waals surface area contributed by atoms with Crippen molar-refractivity contribution in [3.8, 4) is 5.69 Å². The van der Waals surface area contributed by atoms with Crippen LogP contribution in [0.25, 0.3) is 5.69 Å². The Labute approximate surface area is 175 Å². The molecule has 0 aliphatic carbocycles. The molecule has 0 aliphatic heterocycles. The predicted octanol–water partition coefficient (Wildman–Crippen LogP) is 3.98. The Morgan fingerprint density at radius 3 is 2.62 bits per heavy atom. The Morgan fingerprint density at radius 2 is 1.92 bits per heavy atom.